The highest BCUT2D eigenvalue weighted by Crippen LogP contribution is 2.04. The minimum absolute atomic E-state index is 0.238. The molecule has 1 aromatic carbocycles. The fourth-order valence-electron chi connectivity index (χ4n) is 1.07. The van der Waals surface area contributed by atoms with Crippen LogP contribution < -0.4 is 5.56 Å². The second-order valence-corrected chi connectivity index (χ2v) is 2.81. The number of rotatable bonds is 1. The lowest BCUT2D eigenvalue weighted by Crippen LogP contribution is -2.16. The first-order chi connectivity index (χ1) is 9.25. The molecular weight excluding hydrogens is 174 g/mol. The molecule has 0 aliphatic heterocycles. The van der Waals surface area contributed by atoms with E-state index < -0.39 is 35.8 Å². The third-order valence-electron chi connectivity index (χ3n) is 1.70. The molecule has 0 saturated carbocycles. The van der Waals surface area contributed by atoms with E-state index in [2.05, 4.69) is 0 Å². The van der Waals surface area contributed by atoms with Gasteiger partial charge < -0.3 is 0 Å². The average molecular weight is 191 g/mol. The molecule has 2 heteroatoms. The van der Waals surface area contributed by atoms with Gasteiger partial charge in [0.15, 0.2) is 0 Å². The SMILES string of the molecule is [2H]c1c([2H])c([2H])c(-n2cc(C)cc([2H])c2=O)c([2H])c1[2H]. The summed E-state index contributed by atoms with van der Waals surface area (Å²) in [5.41, 5.74) is -0.381. The van der Waals surface area contributed by atoms with Crippen LogP contribution in [0.2, 0.25) is 0 Å². The molecule has 0 spiro atoms. The fraction of sp³-hybridized carbons (Fsp3) is 0.0833. The van der Waals surface area contributed by atoms with Gasteiger partial charge in [-0.3, -0.25) is 9.36 Å². The van der Waals surface area contributed by atoms with Crippen LogP contribution in [0.3, 0.4) is 0 Å². The molecule has 0 aliphatic rings. The molecule has 0 saturated heterocycles. The molecule has 1 aromatic heterocycles. The van der Waals surface area contributed by atoms with Crippen LogP contribution >= 0.6 is 0 Å². The Bertz CT molecular complexity index is 739. The summed E-state index contributed by atoms with van der Waals surface area (Å²) in [6.45, 7) is 1.66. The van der Waals surface area contributed by atoms with Crippen molar-refractivity contribution >= 4 is 0 Å². The molecule has 2 rings (SSSR count). The van der Waals surface area contributed by atoms with Gasteiger partial charge in [-0.25, -0.2) is 0 Å². The van der Waals surface area contributed by atoms with E-state index in [4.69, 9.17) is 8.22 Å². The zero-order valence-electron chi connectivity index (χ0n) is 13.5. The van der Waals surface area contributed by atoms with Crippen molar-refractivity contribution in [1.29, 1.82) is 0 Å². The van der Waals surface area contributed by atoms with Crippen LogP contribution in [0.25, 0.3) is 5.69 Å². The Hall–Kier alpha value is -1.83. The van der Waals surface area contributed by atoms with Crippen LogP contribution in [0, 0.1) is 6.92 Å². The number of para-hydroxylation sites is 1. The summed E-state index contributed by atoms with van der Waals surface area (Å²) in [7, 11) is 0. The Kier molecular flexibility index (Phi) is 1.03. The molecule has 0 radical (unpaired) electrons. The number of aryl methyl sites for hydroxylation is 1. The zero-order valence-corrected chi connectivity index (χ0v) is 7.51. The number of hydrogen-bond acceptors (Lipinski definition) is 1. The van der Waals surface area contributed by atoms with Crippen LogP contribution in [0.1, 0.15) is 13.8 Å². The van der Waals surface area contributed by atoms with Crippen molar-refractivity contribution in [3.8, 4) is 5.69 Å². The Morgan fingerprint density at radius 1 is 1.21 bits per heavy atom. The van der Waals surface area contributed by atoms with Gasteiger partial charge in [-0.15, -0.1) is 0 Å². The standard InChI is InChI=1S/C12H11NO/c1-10-7-8-12(14)13(9-10)11-5-3-2-4-6-11/h2-9H,1H3/i2D,3D,4D,5D,6D,8D. The highest BCUT2D eigenvalue weighted by atomic mass is 16.1. The molecule has 0 amide bonds. The third kappa shape index (κ3) is 1.59. The number of benzene rings is 1. The van der Waals surface area contributed by atoms with Crippen LogP contribution in [0.15, 0.2) is 53.3 Å². The minimum Gasteiger partial charge on any atom is -0.284 e. The van der Waals surface area contributed by atoms with E-state index in [0.717, 1.165) is 4.57 Å². The summed E-state index contributed by atoms with van der Waals surface area (Å²) in [5.74, 6) is 0. The van der Waals surface area contributed by atoms with Crippen molar-refractivity contribution in [2.24, 2.45) is 0 Å². The minimum atomic E-state index is -0.728. The molecule has 0 aliphatic carbocycles. The number of nitrogens with zero attached hydrogens (tertiary/aromatic N) is 1. The smallest absolute Gasteiger partial charge is 0.255 e. The van der Waals surface area contributed by atoms with Crippen LogP contribution in [0.5, 0.6) is 0 Å². The summed E-state index contributed by atoms with van der Waals surface area (Å²) in [5, 5.41) is 0. The van der Waals surface area contributed by atoms with Crippen molar-refractivity contribution in [2.75, 3.05) is 0 Å². The molecule has 14 heavy (non-hydrogen) atoms. The highest BCUT2D eigenvalue weighted by molar-refractivity contribution is 5.32. The van der Waals surface area contributed by atoms with Crippen LogP contribution in [-0.2, 0) is 0 Å². The zero-order chi connectivity index (χ0) is 15.2. The summed E-state index contributed by atoms with van der Waals surface area (Å²) in [4.78, 5) is 12.0. The first-order valence-corrected chi connectivity index (χ1v) is 4.03. The molecule has 0 atom stereocenters. The molecular formula is C12H11NO. The maximum absolute atomic E-state index is 12.0. The normalized spacial score (nSPS) is 16.1. The van der Waals surface area contributed by atoms with Crippen LogP contribution in [-0.4, -0.2) is 4.57 Å². The van der Waals surface area contributed by atoms with Gasteiger partial charge in [0, 0.05) is 17.9 Å². The van der Waals surface area contributed by atoms with Crippen LogP contribution in [0.4, 0.5) is 0 Å². The van der Waals surface area contributed by atoms with Crippen molar-refractivity contribution in [3.63, 3.8) is 0 Å². The maximum atomic E-state index is 12.0. The average Bonchev–Trinajstić information content (AvgIpc) is 2.39. The van der Waals surface area contributed by atoms with Gasteiger partial charge in [-0.2, -0.15) is 0 Å². The van der Waals surface area contributed by atoms with E-state index in [1.165, 1.54) is 12.3 Å². The lowest BCUT2D eigenvalue weighted by molar-refractivity contribution is 0.976. The largest absolute Gasteiger partial charge is 0.284 e. The Morgan fingerprint density at radius 2 is 1.93 bits per heavy atom. The molecule has 0 fully saturated rings. The van der Waals surface area contributed by atoms with Crippen molar-refractivity contribution < 1.29 is 8.22 Å². The third-order valence-corrected chi connectivity index (χ3v) is 1.70. The Balaban J connectivity index is 2.95. The monoisotopic (exact) mass is 191 g/mol. The summed E-state index contributed by atoms with van der Waals surface area (Å²) < 4.78 is 46.8. The van der Waals surface area contributed by atoms with Crippen molar-refractivity contribution in [2.45, 2.75) is 6.92 Å². The van der Waals surface area contributed by atoms with Crippen molar-refractivity contribution in [3.05, 3.63) is 64.4 Å². The molecule has 0 N–H and O–H groups in total. The van der Waals surface area contributed by atoms with E-state index in [9.17, 15) is 4.79 Å². The lowest BCUT2D eigenvalue weighted by Gasteiger charge is -2.05. The van der Waals surface area contributed by atoms with E-state index in [-0.39, 0.29) is 11.7 Å². The summed E-state index contributed by atoms with van der Waals surface area (Å²) in [6.07, 6.45) is 1.36. The molecule has 0 bridgehead atoms. The summed E-state index contributed by atoms with van der Waals surface area (Å²) >= 11 is 0. The second kappa shape index (κ2) is 3.50. The predicted octanol–water partition coefficient (Wildman–Crippen LogP) is 2.15. The van der Waals surface area contributed by atoms with Gasteiger partial charge in [0.05, 0.1) is 8.22 Å². The maximum Gasteiger partial charge on any atom is 0.255 e. The predicted molar refractivity (Wildman–Crippen MR) is 56.8 cm³/mol. The molecule has 70 valence electrons. The van der Waals surface area contributed by atoms with E-state index in [1.807, 2.05) is 0 Å². The van der Waals surface area contributed by atoms with E-state index >= 15 is 0 Å². The van der Waals surface area contributed by atoms with E-state index in [0.29, 0.717) is 5.56 Å². The number of pyridine rings is 1. The molecule has 2 aromatic rings. The number of hydrogen-bond donors (Lipinski definition) is 0. The van der Waals surface area contributed by atoms with Crippen molar-refractivity contribution in [1.82, 2.24) is 4.57 Å². The first kappa shape index (κ1) is 4.13. The Labute approximate surface area is 90.9 Å². The number of aromatic nitrogens is 1. The van der Waals surface area contributed by atoms with Gasteiger partial charge in [-0.1, -0.05) is 24.2 Å². The quantitative estimate of drug-likeness (QED) is 0.677. The van der Waals surface area contributed by atoms with Gasteiger partial charge in [0.2, 0.25) is 0 Å². The van der Waals surface area contributed by atoms with E-state index in [1.54, 1.807) is 6.92 Å². The molecule has 2 nitrogen and oxygen atoms in total. The summed E-state index contributed by atoms with van der Waals surface area (Å²) in [6, 6.07) is -1.42. The fourth-order valence-corrected chi connectivity index (χ4v) is 1.07. The lowest BCUT2D eigenvalue weighted by atomic mass is 10.3. The van der Waals surface area contributed by atoms with Gasteiger partial charge in [-0.05, 0) is 24.6 Å². The topological polar surface area (TPSA) is 22.0 Å². The van der Waals surface area contributed by atoms with Gasteiger partial charge >= 0.3 is 0 Å². The molecule has 0 unspecified atom stereocenters. The van der Waals surface area contributed by atoms with Gasteiger partial charge in [0.25, 0.3) is 5.56 Å². The molecule has 1 heterocycles. The highest BCUT2D eigenvalue weighted by Gasteiger charge is 1.97. The second-order valence-electron chi connectivity index (χ2n) is 2.81. The first-order valence-electron chi connectivity index (χ1n) is 7.03. The Morgan fingerprint density at radius 3 is 2.64 bits per heavy atom. The van der Waals surface area contributed by atoms with Gasteiger partial charge in [0.1, 0.15) is 0 Å².